The Morgan fingerprint density at radius 2 is 2.17 bits per heavy atom. The molecule has 1 amide bonds. The van der Waals surface area contributed by atoms with Gasteiger partial charge in [-0.25, -0.2) is 0 Å². The minimum atomic E-state index is -0.342. The van der Waals surface area contributed by atoms with Crippen LogP contribution in [-0.4, -0.2) is 40.5 Å². The molecule has 0 aliphatic carbocycles. The first kappa shape index (κ1) is 16.4. The van der Waals surface area contributed by atoms with E-state index >= 15 is 0 Å². The summed E-state index contributed by atoms with van der Waals surface area (Å²) in [7, 11) is 0. The van der Waals surface area contributed by atoms with Crippen LogP contribution in [0.25, 0.3) is 11.3 Å². The second kappa shape index (κ2) is 7.89. The highest BCUT2D eigenvalue weighted by atomic mass is 32.1. The molecule has 2 aromatic rings. The van der Waals surface area contributed by atoms with Crippen molar-refractivity contribution in [1.82, 2.24) is 26.4 Å². The second-order valence-corrected chi connectivity index (χ2v) is 5.87. The number of aromatic nitrogens is 2. The lowest BCUT2D eigenvalue weighted by Gasteiger charge is -2.14. The molecule has 2 heterocycles. The number of carbonyl (C=O) groups is 1. The topological polar surface area (TPSA) is 91.1 Å². The van der Waals surface area contributed by atoms with Crippen LogP contribution in [0.2, 0.25) is 0 Å². The van der Waals surface area contributed by atoms with E-state index in [0.29, 0.717) is 23.0 Å². The highest BCUT2D eigenvalue weighted by Crippen LogP contribution is 2.16. The minimum Gasteiger partial charge on any atom is -0.376 e. The molecule has 126 valence electrons. The number of hydrogen-bond donors (Lipinski definition) is 4. The molecule has 4 N–H and O–H groups in total. The summed E-state index contributed by atoms with van der Waals surface area (Å²) in [6.07, 6.45) is 2.28. The maximum atomic E-state index is 12.1. The molecule has 0 radical (unpaired) electrons. The van der Waals surface area contributed by atoms with Gasteiger partial charge in [0.15, 0.2) is 5.11 Å². The van der Waals surface area contributed by atoms with Crippen LogP contribution in [0.5, 0.6) is 0 Å². The molecule has 1 fully saturated rings. The second-order valence-electron chi connectivity index (χ2n) is 5.46. The molecule has 1 saturated heterocycles. The minimum absolute atomic E-state index is 0.182. The van der Waals surface area contributed by atoms with Gasteiger partial charge in [0.05, 0.1) is 11.8 Å². The molecule has 1 aliphatic heterocycles. The van der Waals surface area contributed by atoms with Crippen molar-refractivity contribution in [3.05, 3.63) is 42.1 Å². The molecule has 0 bridgehead atoms. The van der Waals surface area contributed by atoms with Gasteiger partial charge < -0.3 is 10.1 Å². The van der Waals surface area contributed by atoms with Crippen molar-refractivity contribution in [2.45, 2.75) is 18.9 Å². The van der Waals surface area contributed by atoms with E-state index in [2.05, 4.69) is 26.4 Å². The fourth-order valence-electron chi connectivity index (χ4n) is 2.43. The Morgan fingerprint density at radius 3 is 2.92 bits per heavy atom. The summed E-state index contributed by atoms with van der Waals surface area (Å²) < 4.78 is 5.49. The Hall–Kier alpha value is -2.45. The number of hydrazine groups is 1. The van der Waals surface area contributed by atoms with Gasteiger partial charge in [-0.3, -0.25) is 20.7 Å². The highest BCUT2D eigenvalue weighted by Gasteiger charge is 2.15. The number of benzene rings is 1. The van der Waals surface area contributed by atoms with Crippen LogP contribution < -0.4 is 16.2 Å². The lowest BCUT2D eigenvalue weighted by Crippen LogP contribution is -2.48. The van der Waals surface area contributed by atoms with E-state index in [1.54, 1.807) is 6.07 Å². The summed E-state index contributed by atoms with van der Waals surface area (Å²) in [6.45, 7) is 1.43. The molecule has 1 aromatic heterocycles. The van der Waals surface area contributed by atoms with Crippen LogP contribution in [0.15, 0.2) is 36.4 Å². The van der Waals surface area contributed by atoms with Crippen molar-refractivity contribution >= 4 is 23.2 Å². The average Bonchev–Trinajstić information content (AvgIpc) is 3.30. The van der Waals surface area contributed by atoms with E-state index in [1.807, 2.05) is 30.3 Å². The van der Waals surface area contributed by atoms with Gasteiger partial charge in [-0.1, -0.05) is 30.3 Å². The molecule has 1 atom stereocenters. The molecule has 3 rings (SSSR count). The van der Waals surface area contributed by atoms with Crippen molar-refractivity contribution < 1.29 is 9.53 Å². The molecular weight excluding hydrogens is 326 g/mol. The number of aromatic amines is 1. The lowest BCUT2D eigenvalue weighted by molar-refractivity contribution is 0.0938. The Labute approximate surface area is 145 Å². The Kier molecular flexibility index (Phi) is 5.39. The first-order valence-corrected chi connectivity index (χ1v) is 8.20. The van der Waals surface area contributed by atoms with Crippen LogP contribution >= 0.6 is 12.2 Å². The molecule has 1 aliphatic rings. The van der Waals surface area contributed by atoms with Crippen molar-refractivity contribution in [2.24, 2.45) is 0 Å². The number of nitrogens with one attached hydrogen (secondary N) is 4. The van der Waals surface area contributed by atoms with E-state index in [4.69, 9.17) is 17.0 Å². The zero-order valence-corrected chi connectivity index (χ0v) is 13.9. The standard InChI is InChI=1S/C16H19N5O2S/c22-15(20-21-16(24)17-10-12-7-4-8-23-12)14-9-13(18-19-14)11-5-2-1-3-6-11/h1-3,5-6,9,12H,4,7-8,10H2,(H,18,19)(H,20,22)(H2,17,21,24)/t12-/m0/s1. The number of thiocarbonyl (C=S) groups is 1. The highest BCUT2D eigenvalue weighted by molar-refractivity contribution is 7.80. The van der Waals surface area contributed by atoms with E-state index < -0.39 is 0 Å². The fourth-order valence-corrected chi connectivity index (χ4v) is 2.57. The summed E-state index contributed by atoms with van der Waals surface area (Å²) in [5.74, 6) is -0.342. The van der Waals surface area contributed by atoms with Crippen LogP contribution in [0.4, 0.5) is 0 Å². The van der Waals surface area contributed by atoms with Crippen LogP contribution in [0, 0.1) is 0 Å². The Morgan fingerprint density at radius 1 is 1.33 bits per heavy atom. The van der Waals surface area contributed by atoms with Gasteiger partial charge in [0.1, 0.15) is 5.69 Å². The van der Waals surface area contributed by atoms with Gasteiger partial charge in [0, 0.05) is 18.7 Å². The van der Waals surface area contributed by atoms with Gasteiger partial charge in [-0.15, -0.1) is 0 Å². The third-order valence-corrected chi connectivity index (χ3v) is 3.94. The van der Waals surface area contributed by atoms with Crippen molar-refractivity contribution in [1.29, 1.82) is 0 Å². The van der Waals surface area contributed by atoms with Gasteiger partial charge in [0.2, 0.25) is 0 Å². The lowest BCUT2D eigenvalue weighted by atomic mass is 10.1. The summed E-state index contributed by atoms with van der Waals surface area (Å²) >= 11 is 5.12. The first-order chi connectivity index (χ1) is 11.7. The van der Waals surface area contributed by atoms with Gasteiger partial charge >= 0.3 is 0 Å². The zero-order chi connectivity index (χ0) is 16.8. The summed E-state index contributed by atoms with van der Waals surface area (Å²) in [5.41, 5.74) is 7.20. The fraction of sp³-hybridized carbons (Fsp3) is 0.312. The monoisotopic (exact) mass is 345 g/mol. The molecule has 7 nitrogen and oxygen atoms in total. The Bertz CT molecular complexity index is 698. The van der Waals surface area contributed by atoms with Crippen molar-refractivity contribution in [2.75, 3.05) is 13.2 Å². The molecule has 0 unspecified atom stereocenters. The number of rotatable bonds is 4. The van der Waals surface area contributed by atoms with E-state index in [9.17, 15) is 4.79 Å². The van der Waals surface area contributed by atoms with E-state index in [-0.39, 0.29) is 12.0 Å². The van der Waals surface area contributed by atoms with E-state index in [1.165, 1.54) is 0 Å². The van der Waals surface area contributed by atoms with Gasteiger partial charge in [-0.05, 0) is 31.1 Å². The first-order valence-electron chi connectivity index (χ1n) is 7.79. The maximum Gasteiger partial charge on any atom is 0.287 e. The number of ether oxygens (including phenoxy) is 1. The molecular formula is C16H19N5O2S. The number of nitrogens with zero attached hydrogens (tertiary/aromatic N) is 1. The number of hydrogen-bond acceptors (Lipinski definition) is 4. The maximum absolute atomic E-state index is 12.1. The van der Waals surface area contributed by atoms with Gasteiger partial charge in [-0.2, -0.15) is 5.10 Å². The quantitative estimate of drug-likeness (QED) is 0.494. The predicted molar refractivity (Wildman–Crippen MR) is 94.2 cm³/mol. The molecule has 24 heavy (non-hydrogen) atoms. The van der Waals surface area contributed by atoms with Crippen LogP contribution in [0.3, 0.4) is 0 Å². The van der Waals surface area contributed by atoms with Gasteiger partial charge in [0.25, 0.3) is 5.91 Å². The largest absolute Gasteiger partial charge is 0.376 e. The molecule has 0 spiro atoms. The summed E-state index contributed by atoms with van der Waals surface area (Å²) in [6, 6.07) is 11.3. The predicted octanol–water partition coefficient (Wildman–Crippen LogP) is 1.36. The summed E-state index contributed by atoms with van der Waals surface area (Å²) in [5, 5.41) is 10.2. The normalized spacial score (nSPS) is 16.6. The Balaban J connectivity index is 1.46. The van der Waals surface area contributed by atoms with Crippen molar-refractivity contribution in [3.8, 4) is 11.3 Å². The summed E-state index contributed by atoms with van der Waals surface area (Å²) in [4.78, 5) is 12.1. The van der Waals surface area contributed by atoms with Crippen LogP contribution in [0.1, 0.15) is 23.3 Å². The number of carbonyl (C=O) groups excluding carboxylic acids is 1. The average molecular weight is 345 g/mol. The van der Waals surface area contributed by atoms with Crippen LogP contribution in [-0.2, 0) is 4.74 Å². The molecule has 8 heteroatoms. The molecule has 1 aromatic carbocycles. The zero-order valence-electron chi connectivity index (χ0n) is 13.0. The number of H-pyrrole nitrogens is 1. The van der Waals surface area contributed by atoms with Crippen molar-refractivity contribution in [3.63, 3.8) is 0 Å². The molecule has 0 saturated carbocycles. The SMILES string of the molecule is O=C(NNC(=S)NC[C@@H]1CCCO1)c1cc(-c2ccccc2)n[nH]1. The third-order valence-electron chi connectivity index (χ3n) is 3.70. The van der Waals surface area contributed by atoms with E-state index in [0.717, 1.165) is 25.0 Å². The third kappa shape index (κ3) is 4.30. The number of amides is 1. The smallest absolute Gasteiger partial charge is 0.287 e.